The number of nitrogens with zero attached hydrogens (tertiary/aromatic N) is 5. The molecule has 0 saturated carbocycles. The summed E-state index contributed by atoms with van der Waals surface area (Å²) in [5.41, 5.74) is 7.65. The maximum absolute atomic E-state index is 13.2. The van der Waals surface area contributed by atoms with Crippen LogP contribution in [0.2, 0.25) is 0 Å². The van der Waals surface area contributed by atoms with Crippen LogP contribution in [0.4, 0.5) is 16.2 Å². The number of aromatic nitrogens is 4. The molecule has 0 bridgehead atoms. The SMILES string of the molecule is C[C@H](Nc1nc(-c2cnccn2)cc(N2CCC[C@H]2C(N)=O)n1)c1ccc(F)cc1.Cl. The molecule has 4 rings (SSSR count). The summed E-state index contributed by atoms with van der Waals surface area (Å²) in [6.45, 7) is 2.62. The molecule has 3 aromatic rings. The monoisotopic (exact) mass is 443 g/mol. The predicted octanol–water partition coefficient (Wildman–Crippen LogP) is 3.12. The van der Waals surface area contributed by atoms with E-state index in [1.165, 1.54) is 12.1 Å². The van der Waals surface area contributed by atoms with Crippen molar-refractivity contribution >= 4 is 30.1 Å². The van der Waals surface area contributed by atoms with Gasteiger partial charge in [-0.3, -0.25) is 14.8 Å². The molecule has 1 aromatic carbocycles. The van der Waals surface area contributed by atoms with Crippen molar-refractivity contribution in [2.75, 3.05) is 16.8 Å². The number of nitrogens with two attached hydrogens (primary N) is 1. The Bertz CT molecular complexity index is 1040. The third-order valence-electron chi connectivity index (χ3n) is 5.13. The number of carbonyl (C=O) groups excluding carboxylic acids is 1. The van der Waals surface area contributed by atoms with E-state index in [0.717, 1.165) is 12.0 Å². The van der Waals surface area contributed by atoms with Gasteiger partial charge in [0.1, 0.15) is 23.4 Å². The van der Waals surface area contributed by atoms with Crippen molar-refractivity contribution < 1.29 is 9.18 Å². The second-order valence-electron chi connectivity index (χ2n) is 7.20. The van der Waals surface area contributed by atoms with Crippen molar-refractivity contribution in [3.05, 3.63) is 60.3 Å². The number of amides is 1. The van der Waals surface area contributed by atoms with Crippen LogP contribution in [0.5, 0.6) is 0 Å². The summed E-state index contributed by atoms with van der Waals surface area (Å²) >= 11 is 0. The zero-order valence-corrected chi connectivity index (χ0v) is 17.7. The lowest BCUT2D eigenvalue weighted by molar-refractivity contribution is -0.119. The van der Waals surface area contributed by atoms with Crippen molar-refractivity contribution in [2.45, 2.75) is 31.8 Å². The second kappa shape index (κ2) is 9.65. The maximum atomic E-state index is 13.2. The lowest BCUT2D eigenvalue weighted by Crippen LogP contribution is -2.40. The third-order valence-corrected chi connectivity index (χ3v) is 5.13. The summed E-state index contributed by atoms with van der Waals surface area (Å²) < 4.78 is 13.2. The van der Waals surface area contributed by atoms with Gasteiger partial charge in [-0.2, -0.15) is 4.98 Å². The van der Waals surface area contributed by atoms with E-state index in [2.05, 4.69) is 25.3 Å². The first-order chi connectivity index (χ1) is 14.5. The molecular formula is C21H23ClFN7O. The highest BCUT2D eigenvalue weighted by Crippen LogP contribution is 2.29. The number of benzene rings is 1. The minimum atomic E-state index is -0.406. The number of anilines is 2. The quantitative estimate of drug-likeness (QED) is 0.602. The number of hydrogen-bond acceptors (Lipinski definition) is 7. The molecule has 0 radical (unpaired) electrons. The highest BCUT2D eigenvalue weighted by Gasteiger charge is 2.31. The molecule has 2 aromatic heterocycles. The fourth-order valence-electron chi connectivity index (χ4n) is 3.57. The van der Waals surface area contributed by atoms with Crippen LogP contribution in [-0.4, -0.2) is 38.4 Å². The van der Waals surface area contributed by atoms with E-state index in [-0.39, 0.29) is 30.2 Å². The molecule has 0 unspecified atom stereocenters. The van der Waals surface area contributed by atoms with Crippen LogP contribution in [0.25, 0.3) is 11.4 Å². The predicted molar refractivity (Wildman–Crippen MR) is 118 cm³/mol. The summed E-state index contributed by atoms with van der Waals surface area (Å²) in [6.07, 6.45) is 6.34. The Labute approximate surface area is 185 Å². The Morgan fingerprint density at radius 2 is 2.00 bits per heavy atom. The van der Waals surface area contributed by atoms with Crippen molar-refractivity contribution in [2.24, 2.45) is 5.73 Å². The average Bonchev–Trinajstić information content (AvgIpc) is 3.25. The summed E-state index contributed by atoms with van der Waals surface area (Å²) in [5, 5.41) is 3.26. The summed E-state index contributed by atoms with van der Waals surface area (Å²) in [5.74, 6) is 0.308. The van der Waals surface area contributed by atoms with Crippen LogP contribution in [0.1, 0.15) is 31.4 Å². The number of halogens is 2. The van der Waals surface area contributed by atoms with Gasteiger partial charge in [-0.05, 0) is 37.5 Å². The largest absolute Gasteiger partial charge is 0.368 e. The Hall–Kier alpha value is -3.33. The lowest BCUT2D eigenvalue weighted by atomic mass is 10.1. The van der Waals surface area contributed by atoms with E-state index in [9.17, 15) is 9.18 Å². The number of carbonyl (C=O) groups is 1. The number of nitrogens with one attached hydrogen (secondary N) is 1. The van der Waals surface area contributed by atoms with Gasteiger partial charge in [0.25, 0.3) is 0 Å². The molecule has 0 spiro atoms. The van der Waals surface area contributed by atoms with Crippen LogP contribution < -0.4 is 16.0 Å². The van der Waals surface area contributed by atoms with Gasteiger partial charge in [0.2, 0.25) is 11.9 Å². The third kappa shape index (κ3) is 5.05. The van der Waals surface area contributed by atoms with E-state index < -0.39 is 6.04 Å². The zero-order valence-electron chi connectivity index (χ0n) is 16.9. The lowest BCUT2D eigenvalue weighted by Gasteiger charge is -2.24. The first kappa shape index (κ1) is 22.4. The Kier molecular flexibility index (Phi) is 6.96. The highest BCUT2D eigenvalue weighted by molar-refractivity contribution is 5.85. The van der Waals surface area contributed by atoms with Crippen LogP contribution in [0.15, 0.2) is 48.9 Å². The average molecular weight is 444 g/mol. The van der Waals surface area contributed by atoms with E-state index in [1.807, 2.05) is 11.8 Å². The molecule has 1 saturated heterocycles. The number of rotatable bonds is 6. The van der Waals surface area contributed by atoms with Gasteiger partial charge in [-0.25, -0.2) is 9.37 Å². The second-order valence-corrected chi connectivity index (χ2v) is 7.20. The Morgan fingerprint density at radius 3 is 2.68 bits per heavy atom. The zero-order chi connectivity index (χ0) is 21.1. The number of hydrogen-bond donors (Lipinski definition) is 2. The molecule has 1 amide bonds. The van der Waals surface area contributed by atoms with Crippen molar-refractivity contribution in [1.29, 1.82) is 0 Å². The minimum Gasteiger partial charge on any atom is -0.368 e. The van der Waals surface area contributed by atoms with Gasteiger partial charge in [-0.15, -0.1) is 12.4 Å². The van der Waals surface area contributed by atoms with Crippen molar-refractivity contribution in [3.63, 3.8) is 0 Å². The molecule has 162 valence electrons. The van der Waals surface area contributed by atoms with Gasteiger partial charge < -0.3 is 16.0 Å². The summed E-state index contributed by atoms with van der Waals surface area (Å²) in [7, 11) is 0. The Balaban J connectivity index is 0.00000272. The van der Waals surface area contributed by atoms with Gasteiger partial charge in [-0.1, -0.05) is 12.1 Å². The van der Waals surface area contributed by atoms with Crippen LogP contribution in [0, 0.1) is 5.82 Å². The standard InChI is InChI=1S/C21H22FN7O.ClH/c1-13(14-4-6-15(22)7-5-14)26-21-27-16(17-12-24-8-9-25-17)11-19(28-21)29-10-2-3-18(29)20(23)30;/h4-9,11-13,18H,2-3,10H2,1H3,(H2,23,30)(H,26,27,28);1H/t13-,18-;/m0./s1. The molecule has 8 nitrogen and oxygen atoms in total. The molecule has 3 N–H and O–H groups in total. The fraction of sp³-hybridized carbons (Fsp3) is 0.286. The van der Waals surface area contributed by atoms with E-state index in [0.29, 0.717) is 36.1 Å². The van der Waals surface area contributed by atoms with E-state index >= 15 is 0 Å². The minimum absolute atomic E-state index is 0. The van der Waals surface area contributed by atoms with Crippen molar-refractivity contribution in [3.8, 4) is 11.4 Å². The van der Waals surface area contributed by atoms with Gasteiger partial charge in [0.05, 0.1) is 17.9 Å². The van der Waals surface area contributed by atoms with Gasteiger partial charge >= 0.3 is 0 Å². The molecule has 0 aliphatic carbocycles. The van der Waals surface area contributed by atoms with Gasteiger partial charge in [0, 0.05) is 25.0 Å². The van der Waals surface area contributed by atoms with Gasteiger partial charge in [0.15, 0.2) is 0 Å². The highest BCUT2D eigenvalue weighted by atomic mass is 35.5. The number of primary amides is 1. The summed E-state index contributed by atoms with van der Waals surface area (Å²) in [6, 6.07) is 7.47. The smallest absolute Gasteiger partial charge is 0.240 e. The van der Waals surface area contributed by atoms with Crippen molar-refractivity contribution in [1.82, 2.24) is 19.9 Å². The maximum Gasteiger partial charge on any atom is 0.240 e. The molecule has 31 heavy (non-hydrogen) atoms. The van der Waals surface area contributed by atoms with E-state index in [4.69, 9.17) is 5.73 Å². The Morgan fingerprint density at radius 1 is 1.23 bits per heavy atom. The van der Waals surface area contributed by atoms with Crippen LogP contribution in [0.3, 0.4) is 0 Å². The normalized spacial score (nSPS) is 16.5. The molecular weight excluding hydrogens is 421 g/mol. The van der Waals surface area contributed by atoms with E-state index in [1.54, 1.807) is 36.8 Å². The fourth-order valence-corrected chi connectivity index (χ4v) is 3.57. The molecule has 10 heteroatoms. The molecule has 1 fully saturated rings. The van der Waals surface area contributed by atoms with Crippen LogP contribution in [-0.2, 0) is 4.79 Å². The molecule has 1 aliphatic heterocycles. The molecule has 2 atom stereocenters. The first-order valence-electron chi connectivity index (χ1n) is 9.74. The molecule has 3 heterocycles. The first-order valence-corrected chi connectivity index (χ1v) is 9.74. The van der Waals surface area contributed by atoms with Crippen LogP contribution >= 0.6 is 12.4 Å². The topological polar surface area (TPSA) is 110 Å². The molecule has 1 aliphatic rings. The summed E-state index contributed by atoms with van der Waals surface area (Å²) in [4.78, 5) is 31.4.